The summed E-state index contributed by atoms with van der Waals surface area (Å²) in [7, 11) is 0. The van der Waals surface area contributed by atoms with Crippen molar-refractivity contribution in [3.05, 3.63) is 72.3 Å². The first-order valence-electron chi connectivity index (χ1n) is 8.47. The fraction of sp³-hybridized carbons (Fsp3) is 0.182. The van der Waals surface area contributed by atoms with Crippen LogP contribution < -0.4 is 5.32 Å². The van der Waals surface area contributed by atoms with Crippen molar-refractivity contribution in [1.29, 1.82) is 0 Å². The molecule has 1 amide bonds. The molecule has 26 heavy (non-hydrogen) atoms. The number of amides is 1. The molecule has 3 nitrogen and oxygen atoms in total. The second kappa shape index (κ2) is 7.34. The van der Waals surface area contributed by atoms with Crippen molar-refractivity contribution in [2.75, 3.05) is 5.32 Å². The monoisotopic (exact) mass is 363 g/mol. The number of carbonyl (C=O) groups is 2. The first-order valence-corrected chi connectivity index (χ1v) is 9.28. The molecule has 0 aliphatic rings. The highest BCUT2D eigenvalue weighted by Crippen LogP contribution is 2.32. The number of hydrogen-bond acceptors (Lipinski definition) is 3. The average Bonchev–Trinajstić information content (AvgIpc) is 2.62. The van der Waals surface area contributed by atoms with Gasteiger partial charge in [-0.15, -0.1) is 0 Å². The molecule has 0 atom stereocenters. The molecule has 0 bridgehead atoms. The van der Waals surface area contributed by atoms with Crippen LogP contribution in [0.4, 0.5) is 5.69 Å². The quantitative estimate of drug-likeness (QED) is 0.602. The number of nitrogens with one attached hydrogen (secondary N) is 1. The van der Waals surface area contributed by atoms with Gasteiger partial charge in [0.05, 0.1) is 5.69 Å². The molecule has 3 aromatic rings. The summed E-state index contributed by atoms with van der Waals surface area (Å²) >= 11 is 1.14. The molecule has 0 aliphatic heterocycles. The highest BCUT2D eigenvalue weighted by molar-refractivity contribution is 8.14. The number of para-hydroxylation sites is 1. The highest BCUT2D eigenvalue weighted by Gasteiger charge is 2.22. The molecule has 0 spiro atoms. The van der Waals surface area contributed by atoms with Gasteiger partial charge in [-0.1, -0.05) is 69.3 Å². The van der Waals surface area contributed by atoms with Crippen molar-refractivity contribution in [2.45, 2.75) is 25.7 Å². The summed E-state index contributed by atoms with van der Waals surface area (Å²) in [5.74, 6) is -0.0804. The first-order chi connectivity index (χ1) is 12.4. The van der Waals surface area contributed by atoms with Crippen LogP contribution in [0, 0.1) is 5.41 Å². The third-order valence-corrected chi connectivity index (χ3v) is 5.01. The van der Waals surface area contributed by atoms with Crippen LogP contribution in [0.15, 0.2) is 71.6 Å². The molecule has 0 fully saturated rings. The molecule has 3 aromatic carbocycles. The number of anilines is 1. The van der Waals surface area contributed by atoms with Crippen molar-refractivity contribution in [1.82, 2.24) is 0 Å². The molecule has 0 aromatic heterocycles. The van der Waals surface area contributed by atoms with Gasteiger partial charge in [-0.3, -0.25) is 9.59 Å². The summed E-state index contributed by atoms with van der Waals surface area (Å²) in [6.07, 6.45) is 0. The number of hydrogen-bond donors (Lipinski definition) is 1. The lowest BCUT2D eigenvalue weighted by atomic mass is 9.95. The fourth-order valence-electron chi connectivity index (χ4n) is 2.53. The van der Waals surface area contributed by atoms with E-state index >= 15 is 0 Å². The van der Waals surface area contributed by atoms with E-state index in [0.29, 0.717) is 11.3 Å². The maximum Gasteiger partial charge on any atom is 0.229 e. The van der Waals surface area contributed by atoms with Crippen LogP contribution in [-0.2, 0) is 4.79 Å². The van der Waals surface area contributed by atoms with E-state index in [1.54, 1.807) is 0 Å². The van der Waals surface area contributed by atoms with Gasteiger partial charge >= 0.3 is 0 Å². The Hall–Kier alpha value is -2.59. The zero-order valence-corrected chi connectivity index (χ0v) is 15.9. The minimum Gasteiger partial charge on any atom is -0.325 e. The van der Waals surface area contributed by atoms with Gasteiger partial charge in [-0.05, 0) is 40.7 Å². The van der Waals surface area contributed by atoms with Gasteiger partial charge in [0.15, 0.2) is 0 Å². The molecule has 132 valence electrons. The van der Waals surface area contributed by atoms with Crippen molar-refractivity contribution in [2.24, 2.45) is 5.41 Å². The molecule has 0 unspecified atom stereocenters. The van der Waals surface area contributed by atoms with E-state index in [1.165, 1.54) is 0 Å². The lowest BCUT2D eigenvalue weighted by Gasteiger charge is -2.19. The van der Waals surface area contributed by atoms with Crippen LogP contribution in [0.2, 0.25) is 0 Å². The zero-order valence-electron chi connectivity index (χ0n) is 15.1. The molecule has 0 aliphatic carbocycles. The van der Waals surface area contributed by atoms with Crippen molar-refractivity contribution < 1.29 is 9.59 Å². The lowest BCUT2D eigenvalue weighted by molar-refractivity contribution is -0.123. The smallest absolute Gasteiger partial charge is 0.229 e. The molecule has 0 saturated heterocycles. The average molecular weight is 363 g/mol. The van der Waals surface area contributed by atoms with Crippen molar-refractivity contribution in [3.63, 3.8) is 0 Å². The van der Waals surface area contributed by atoms with E-state index < -0.39 is 5.41 Å². The molecule has 0 saturated carbocycles. The third-order valence-electron chi connectivity index (χ3n) is 4.03. The number of benzene rings is 3. The van der Waals surface area contributed by atoms with E-state index in [-0.39, 0.29) is 11.0 Å². The minimum absolute atomic E-state index is 0.0424. The topological polar surface area (TPSA) is 46.2 Å². The second-order valence-electron chi connectivity index (χ2n) is 7.12. The Bertz CT molecular complexity index is 968. The van der Waals surface area contributed by atoms with Gasteiger partial charge < -0.3 is 5.32 Å². The largest absolute Gasteiger partial charge is 0.325 e. The van der Waals surface area contributed by atoms with Gasteiger partial charge in [0.1, 0.15) is 0 Å². The number of fused-ring (bicyclic) bond motifs is 1. The maximum atomic E-state index is 12.9. The summed E-state index contributed by atoms with van der Waals surface area (Å²) in [4.78, 5) is 26.0. The van der Waals surface area contributed by atoms with E-state index in [1.807, 2.05) is 87.5 Å². The van der Waals surface area contributed by atoms with Crippen LogP contribution in [0.3, 0.4) is 0 Å². The Kier molecular flexibility index (Phi) is 5.14. The number of carbonyl (C=O) groups excluding carboxylic acids is 2. The molecular weight excluding hydrogens is 342 g/mol. The summed E-state index contributed by atoms with van der Waals surface area (Å²) in [6, 6.07) is 21.0. The Balaban J connectivity index is 1.89. The Morgan fingerprint density at radius 3 is 2.27 bits per heavy atom. The Morgan fingerprint density at radius 2 is 1.50 bits per heavy atom. The molecular formula is C22H21NO2S. The van der Waals surface area contributed by atoms with E-state index in [0.717, 1.165) is 27.4 Å². The Labute approximate surface area is 157 Å². The highest BCUT2D eigenvalue weighted by atomic mass is 32.2. The molecule has 0 heterocycles. The van der Waals surface area contributed by atoms with Crippen LogP contribution in [0.1, 0.15) is 31.1 Å². The Morgan fingerprint density at radius 1 is 0.846 bits per heavy atom. The number of rotatable bonds is 3. The predicted molar refractivity (Wildman–Crippen MR) is 109 cm³/mol. The normalized spacial score (nSPS) is 11.3. The van der Waals surface area contributed by atoms with Crippen LogP contribution >= 0.6 is 11.8 Å². The van der Waals surface area contributed by atoms with Gasteiger partial charge in [0.2, 0.25) is 11.0 Å². The SMILES string of the molecule is CC(C)(C)C(=O)Nc1ccccc1SC(=O)c1cccc2ccccc12. The van der Waals surface area contributed by atoms with Crippen LogP contribution in [0.25, 0.3) is 10.8 Å². The molecule has 4 heteroatoms. The van der Waals surface area contributed by atoms with Crippen LogP contribution in [-0.4, -0.2) is 11.0 Å². The fourth-order valence-corrected chi connectivity index (χ4v) is 3.39. The summed E-state index contributed by atoms with van der Waals surface area (Å²) < 4.78 is 0. The van der Waals surface area contributed by atoms with Gasteiger partial charge in [0, 0.05) is 15.9 Å². The third kappa shape index (κ3) is 3.97. The molecule has 3 rings (SSSR count). The molecule has 1 N–H and O–H groups in total. The standard InChI is InChI=1S/C22H21NO2S/c1-22(2,3)21(25)23-18-13-6-7-14-19(18)26-20(24)17-12-8-10-15-9-4-5-11-16(15)17/h4-14H,1-3H3,(H,23,25). The van der Waals surface area contributed by atoms with Crippen molar-refractivity contribution in [3.8, 4) is 0 Å². The zero-order chi connectivity index (χ0) is 18.7. The van der Waals surface area contributed by atoms with Gasteiger partial charge in [-0.2, -0.15) is 0 Å². The second-order valence-corrected chi connectivity index (χ2v) is 8.13. The van der Waals surface area contributed by atoms with Crippen molar-refractivity contribution >= 4 is 39.2 Å². The van der Waals surface area contributed by atoms with E-state index in [2.05, 4.69) is 5.32 Å². The summed E-state index contributed by atoms with van der Waals surface area (Å²) in [5, 5.41) is 4.86. The van der Waals surface area contributed by atoms with Gasteiger partial charge in [0.25, 0.3) is 0 Å². The maximum absolute atomic E-state index is 12.9. The number of thioether (sulfide) groups is 1. The summed E-state index contributed by atoms with van der Waals surface area (Å²) in [5.41, 5.74) is 0.827. The lowest BCUT2D eigenvalue weighted by Crippen LogP contribution is -2.27. The van der Waals surface area contributed by atoms with E-state index in [9.17, 15) is 9.59 Å². The molecule has 0 radical (unpaired) electrons. The minimum atomic E-state index is -0.503. The van der Waals surface area contributed by atoms with Gasteiger partial charge in [-0.25, -0.2) is 0 Å². The summed E-state index contributed by atoms with van der Waals surface area (Å²) in [6.45, 7) is 5.58. The van der Waals surface area contributed by atoms with E-state index in [4.69, 9.17) is 0 Å². The van der Waals surface area contributed by atoms with Crippen LogP contribution in [0.5, 0.6) is 0 Å². The first kappa shape index (κ1) is 18.2. The predicted octanol–water partition coefficient (Wildman–Crippen LogP) is 5.76.